The lowest BCUT2D eigenvalue weighted by Gasteiger charge is -2.14. The van der Waals surface area contributed by atoms with Crippen molar-refractivity contribution in [1.29, 1.82) is 0 Å². The Bertz CT molecular complexity index is 399. The Morgan fingerprint density at radius 2 is 1.79 bits per heavy atom. The average Bonchev–Trinajstić information content (AvgIpc) is 2.15. The highest BCUT2D eigenvalue weighted by Crippen LogP contribution is 2.18. The third-order valence-electron chi connectivity index (χ3n) is 2.04. The molecule has 0 radical (unpaired) electrons. The summed E-state index contributed by atoms with van der Waals surface area (Å²) in [6.45, 7) is 2.04. The molecule has 0 amide bonds. The molecule has 0 saturated carbocycles. The van der Waals surface area contributed by atoms with Gasteiger partial charge in [-0.05, 0) is 24.1 Å². The number of hydrogen-bond donors (Lipinski definition) is 0. The fraction of sp³-hybridized carbons (Fsp3) is 0.333. The van der Waals surface area contributed by atoms with Gasteiger partial charge in [0.15, 0.2) is 0 Å². The lowest BCUT2D eigenvalue weighted by atomic mass is 10.1. The van der Waals surface area contributed by atoms with Crippen LogP contribution in [0.1, 0.15) is 12.5 Å². The number of aryl methyl sites for hydroxylation is 1. The molecule has 5 heteroatoms. The standard InChI is InChI=1S/C9H12ClNO2S/c1-3-8-4-6-9(7-5-8)11(2)14(10,12)13/h4-7H,3H2,1-2H3. The van der Waals surface area contributed by atoms with E-state index >= 15 is 0 Å². The van der Waals surface area contributed by atoms with E-state index in [0.29, 0.717) is 5.69 Å². The fourth-order valence-electron chi connectivity index (χ4n) is 1.07. The van der Waals surface area contributed by atoms with Crippen molar-refractivity contribution < 1.29 is 8.42 Å². The lowest BCUT2D eigenvalue weighted by molar-refractivity contribution is 0.608. The second-order valence-electron chi connectivity index (χ2n) is 2.93. The maximum atomic E-state index is 11.0. The van der Waals surface area contributed by atoms with Crippen LogP contribution in [0.2, 0.25) is 0 Å². The Kier molecular flexibility index (Phi) is 3.39. The predicted octanol–water partition coefficient (Wildman–Crippen LogP) is 2.17. The molecule has 0 bridgehead atoms. The van der Waals surface area contributed by atoms with E-state index in [2.05, 4.69) is 0 Å². The topological polar surface area (TPSA) is 37.4 Å². The molecule has 0 saturated heterocycles. The van der Waals surface area contributed by atoms with Gasteiger partial charge >= 0.3 is 9.24 Å². The quantitative estimate of drug-likeness (QED) is 0.751. The first-order valence-electron chi connectivity index (χ1n) is 4.22. The van der Waals surface area contributed by atoms with Crippen LogP contribution < -0.4 is 4.31 Å². The van der Waals surface area contributed by atoms with Crippen molar-refractivity contribution in [3.63, 3.8) is 0 Å². The van der Waals surface area contributed by atoms with Gasteiger partial charge in [-0.3, -0.25) is 4.31 Å². The van der Waals surface area contributed by atoms with Gasteiger partial charge in [0.05, 0.1) is 5.69 Å². The Balaban J connectivity index is 2.98. The minimum absolute atomic E-state index is 0.567. The van der Waals surface area contributed by atoms with Crippen molar-refractivity contribution in [1.82, 2.24) is 0 Å². The molecular formula is C9H12ClNO2S. The van der Waals surface area contributed by atoms with Gasteiger partial charge in [-0.1, -0.05) is 19.1 Å². The zero-order valence-corrected chi connectivity index (χ0v) is 9.64. The Morgan fingerprint density at radius 3 is 2.14 bits per heavy atom. The molecule has 0 fully saturated rings. The molecule has 1 aromatic rings. The first kappa shape index (κ1) is 11.3. The van der Waals surface area contributed by atoms with E-state index in [9.17, 15) is 8.42 Å². The highest BCUT2D eigenvalue weighted by atomic mass is 35.7. The van der Waals surface area contributed by atoms with Crippen LogP contribution in [-0.2, 0) is 15.7 Å². The van der Waals surface area contributed by atoms with E-state index in [1.54, 1.807) is 12.1 Å². The molecule has 0 aliphatic rings. The first-order chi connectivity index (χ1) is 6.45. The van der Waals surface area contributed by atoms with Crippen LogP contribution in [0.3, 0.4) is 0 Å². The molecule has 3 nitrogen and oxygen atoms in total. The van der Waals surface area contributed by atoms with Gasteiger partial charge in [0, 0.05) is 17.7 Å². The molecule has 0 unspecified atom stereocenters. The van der Waals surface area contributed by atoms with Crippen molar-refractivity contribution in [2.24, 2.45) is 0 Å². The smallest absolute Gasteiger partial charge is 0.261 e. The number of halogens is 1. The summed E-state index contributed by atoms with van der Waals surface area (Å²) in [6.07, 6.45) is 0.928. The van der Waals surface area contributed by atoms with Crippen LogP contribution in [0.25, 0.3) is 0 Å². The van der Waals surface area contributed by atoms with Crippen molar-refractivity contribution in [2.45, 2.75) is 13.3 Å². The normalized spacial score (nSPS) is 11.4. The summed E-state index contributed by atoms with van der Waals surface area (Å²) in [4.78, 5) is 0. The van der Waals surface area contributed by atoms with Gasteiger partial charge < -0.3 is 0 Å². The third-order valence-corrected chi connectivity index (χ3v) is 3.52. The van der Waals surface area contributed by atoms with E-state index in [4.69, 9.17) is 10.7 Å². The Labute approximate surface area is 88.9 Å². The number of anilines is 1. The molecule has 0 spiro atoms. The second kappa shape index (κ2) is 4.19. The van der Waals surface area contributed by atoms with E-state index in [0.717, 1.165) is 16.3 Å². The van der Waals surface area contributed by atoms with Crippen molar-refractivity contribution >= 4 is 25.6 Å². The average molecular weight is 234 g/mol. The van der Waals surface area contributed by atoms with Gasteiger partial charge in [0.25, 0.3) is 0 Å². The van der Waals surface area contributed by atoms with Crippen LogP contribution in [-0.4, -0.2) is 15.5 Å². The zero-order chi connectivity index (χ0) is 10.8. The molecular weight excluding hydrogens is 222 g/mol. The van der Waals surface area contributed by atoms with E-state index in [-0.39, 0.29) is 0 Å². The SMILES string of the molecule is CCc1ccc(N(C)S(=O)(=O)Cl)cc1. The van der Waals surface area contributed by atoms with E-state index in [1.807, 2.05) is 19.1 Å². The minimum atomic E-state index is -3.67. The fourth-order valence-corrected chi connectivity index (χ4v) is 1.68. The van der Waals surface area contributed by atoms with Crippen molar-refractivity contribution in [3.8, 4) is 0 Å². The van der Waals surface area contributed by atoms with Gasteiger partial charge in [-0.25, -0.2) is 0 Å². The van der Waals surface area contributed by atoms with Crippen LogP contribution in [0.5, 0.6) is 0 Å². The van der Waals surface area contributed by atoms with Crippen LogP contribution in [0.4, 0.5) is 5.69 Å². The van der Waals surface area contributed by atoms with Crippen molar-refractivity contribution in [3.05, 3.63) is 29.8 Å². The lowest BCUT2D eigenvalue weighted by Crippen LogP contribution is -2.20. The van der Waals surface area contributed by atoms with Crippen LogP contribution >= 0.6 is 10.7 Å². The van der Waals surface area contributed by atoms with E-state index < -0.39 is 9.24 Å². The largest absolute Gasteiger partial charge is 0.321 e. The molecule has 1 aromatic carbocycles. The molecule has 78 valence electrons. The van der Waals surface area contributed by atoms with Gasteiger partial charge in [-0.15, -0.1) is 0 Å². The maximum absolute atomic E-state index is 11.0. The summed E-state index contributed by atoms with van der Waals surface area (Å²) in [7, 11) is 2.94. The van der Waals surface area contributed by atoms with Gasteiger partial charge in [0.2, 0.25) is 0 Å². The maximum Gasteiger partial charge on any atom is 0.321 e. The van der Waals surface area contributed by atoms with Crippen molar-refractivity contribution in [2.75, 3.05) is 11.4 Å². The summed E-state index contributed by atoms with van der Waals surface area (Å²) in [5.41, 5.74) is 1.73. The Hall–Kier alpha value is -0.740. The molecule has 0 heterocycles. The summed E-state index contributed by atoms with van der Waals surface area (Å²) < 4.78 is 23.0. The molecule has 1 rings (SSSR count). The predicted molar refractivity (Wildman–Crippen MR) is 59.0 cm³/mol. The van der Waals surface area contributed by atoms with Gasteiger partial charge in [-0.2, -0.15) is 8.42 Å². The highest BCUT2D eigenvalue weighted by Gasteiger charge is 2.13. The summed E-state index contributed by atoms with van der Waals surface area (Å²) in [6, 6.07) is 7.24. The molecule has 0 aliphatic heterocycles. The summed E-state index contributed by atoms with van der Waals surface area (Å²) in [5.74, 6) is 0. The molecule has 14 heavy (non-hydrogen) atoms. The summed E-state index contributed by atoms with van der Waals surface area (Å²) in [5, 5.41) is 0. The number of benzene rings is 1. The number of nitrogens with zero attached hydrogens (tertiary/aromatic N) is 1. The minimum Gasteiger partial charge on any atom is -0.261 e. The van der Waals surface area contributed by atoms with Crippen LogP contribution in [0.15, 0.2) is 24.3 Å². The van der Waals surface area contributed by atoms with Crippen LogP contribution in [0, 0.1) is 0 Å². The number of rotatable bonds is 3. The van der Waals surface area contributed by atoms with E-state index in [1.165, 1.54) is 7.05 Å². The first-order valence-corrected chi connectivity index (χ1v) is 6.49. The molecule has 0 atom stereocenters. The Morgan fingerprint density at radius 1 is 1.29 bits per heavy atom. The monoisotopic (exact) mass is 233 g/mol. The second-order valence-corrected chi connectivity index (χ2v) is 5.47. The molecule has 0 aliphatic carbocycles. The summed E-state index contributed by atoms with van der Waals surface area (Å²) >= 11 is 0. The van der Waals surface area contributed by atoms with Gasteiger partial charge in [0.1, 0.15) is 0 Å². The highest BCUT2D eigenvalue weighted by molar-refractivity contribution is 8.14. The molecule has 0 N–H and O–H groups in total. The third kappa shape index (κ3) is 2.62. The molecule has 0 aromatic heterocycles. The zero-order valence-electron chi connectivity index (χ0n) is 8.07. The number of hydrogen-bond acceptors (Lipinski definition) is 2.